The number of nitrogens with zero attached hydrogens (tertiary/aromatic N) is 1. The molecule has 3 rings (SSSR count). The van der Waals surface area contributed by atoms with Crippen LogP contribution in [0.25, 0.3) is 11.0 Å². The Morgan fingerprint density at radius 3 is 2.54 bits per heavy atom. The van der Waals surface area contributed by atoms with E-state index < -0.39 is 0 Å². The summed E-state index contributed by atoms with van der Waals surface area (Å²) in [5, 5.41) is 3.59. The molecule has 26 heavy (non-hydrogen) atoms. The Morgan fingerprint density at radius 2 is 1.85 bits per heavy atom. The van der Waals surface area contributed by atoms with Crippen molar-refractivity contribution in [1.82, 2.24) is 4.90 Å². The van der Waals surface area contributed by atoms with Gasteiger partial charge >= 0.3 is 5.63 Å². The van der Waals surface area contributed by atoms with Crippen molar-refractivity contribution in [2.24, 2.45) is 0 Å². The molecule has 0 saturated heterocycles. The highest BCUT2D eigenvalue weighted by molar-refractivity contribution is 5.92. The largest absolute Gasteiger partial charge is 0.423 e. The van der Waals surface area contributed by atoms with Crippen molar-refractivity contribution in [2.45, 2.75) is 26.9 Å². The van der Waals surface area contributed by atoms with Crippen LogP contribution in [0.3, 0.4) is 0 Å². The highest BCUT2D eigenvalue weighted by Gasteiger charge is 2.11. The van der Waals surface area contributed by atoms with Gasteiger partial charge in [-0.25, -0.2) is 4.79 Å². The first-order valence-corrected chi connectivity index (χ1v) is 8.66. The number of benzene rings is 2. The summed E-state index contributed by atoms with van der Waals surface area (Å²) in [5.74, 6) is -0.164. The second-order valence-electron chi connectivity index (χ2n) is 6.27. The van der Waals surface area contributed by atoms with E-state index in [1.54, 1.807) is 12.1 Å². The summed E-state index contributed by atoms with van der Waals surface area (Å²) in [7, 11) is 0. The summed E-state index contributed by atoms with van der Waals surface area (Å²) in [5.41, 5.74) is 2.86. The highest BCUT2D eigenvalue weighted by atomic mass is 16.4. The molecule has 1 amide bonds. The van der Waals surface area contributed by atoms with Gasteiger partial charge in [0.1, 0.15) is 5.58 Å². The zero-order valence-corrected chi connectivity index (χ0v) is 15.0. The van der Waals surface area contributed by atoms with E-state index in [1.807, 2.05) is 30.3 Å². The second kappa shape index (κ2) is 7.97. The molecule has 0 radical (unpaired) electrons. The van der Waals surface area contributed by atoms with Crippen molar-refractivity contribution < 1.29 is 9.21 Å². The summed E-state index contributed by atoms with van der Waals surface area (Å²) < 4.78 is 5.33. The quantitative estimate of drug-likeness (QED) is 0.687. The average Bonchev–Trinajstić information content (AvgIpc) is 2.61. The minimum Gasteiger partial charge on any atom is -0.423 e. The number of anilines is 1. The maximum Gasteiger partial charge on any atom is 0.336 e. The molecule has 0 atom stereocenters. The third-order valence-electron chi connectivity index (χ3n) is 4.24. The molecule has 0 aliphatic heterocycles. The Balaban J connectivity index is 1.90. The zero-order valence-electron chi connectivity index (χ0n) is 15.0. The number of carbonyl (C=O) groups excluding carboxylic acids is 1. The van der Waals surface area contributed by atoms with Crippen molar-refractivity contribution in [3.8, 4) is 0 Å². The third kappa shape index (κ3) is 4.37. The molecule has 2 aromatic carbocycles. The SMILES string of the molecule is CCN(Cc1ccccc1)Cc1cc(=O)oc2cc(NC(C)=O)ccc12. The molecule has 1 aromatic heterocycles. The van der Waals surface area contributed by atoms with Crippen LogP contribution in [0, 0.1) is 0 Å². The van der Waals surface area contributed by atoms with E-state index in [9.17, 15) is 9.59 Å². The van der Waals surface area contributed by atoms with Crippen LogP contribution in [-0.2, 0) is 17.9 Å². The smallest absolute Gasteiger partial charge is 0.336 e. The van der Waals surface area contributed by atoms with Crippen molar-refractivity contribution in [3.63, 3.8) is 0 Å². The van der Waals surface area contributed by atoms with E-state index in [-0.39, 0.29) is 11.5 Å². The van der Waals surface area contributed by atoms with Gasteiger partial charge in [0.2, 0.25) is 5.91 Å². The summed E-state index contributed by atoms with van der Waals surface area (Å²) in [6.45, 7) is 5.86. The standard InChI is InChI=1S/C21H22N2O3/c1-3-23(13-16-7-5-4-6-8-16)14-17-11-21(25)26-20-12-18(22-15(2)24)9-10-19(17)20/h4-12H,3,13-14H2,1-2H3,(H,22,24). The molecular formula is C21H22N2O3. The molecule has 1 N–H and O–H groups in total. The molecule has 0 fully saturated rings. The molecule has 3 aromatic rings. The molecule has 0 unspecified atom stereocenters. The van der Waals surface area contributed by atoms with Crippen LogP contribution in [0.2, 0.25) is 0 Å². The average molecular weight is 350 g/mol. The predicted octanol–water partition coefficient (Wildman–Crippen LogP) is 3.77. The Hall–Kier alpha value is -2.92. The molecule has 134 valence electrons. The van der Waals surface area contributed by atoms with E-state index in [2.05, 4.69) is 29.3 Å². The third-order valence-corrected chi connectivity index (χ3v) is 4.24. The summed E-state index contributed by atoms with van der Waals surface area (Å²) >= 11 is 0. The van der Waals surface area contributed by atoms with Crippen LogP contribution >= 0.6 is 0 Å². The van der Waals surface area contributed by atoms with E-state index in [0.717, 1.165) is 24.0 Å². The topological polar surface area (TPSA) is 62.6 Å². The lowest BCUT2D eigenvalue weighted by Gasteiger charge is -2.21. The number of nitrogens with one attached hydrogen (secondary N) is 1. The van der Waals surface area contributed by atoms with E-state index >= 15 is 0 Å². The number of hydrogen-bond acceptors (Lipinski definition) is 4. The van der Waals surface area contributed by atoms with Crippen molar-refractivity contribution >= 4 is 22.6 Å². The summed E-state index contributed by atoms with van der Waals surface area (Å²) in [4.78, 5) is 25.5. The van der Waals surface area contributed by atoms with Crippen molar-refractivity contribution in [2.75, 3.05) is 11.9 Å². The van der Waals surface area contributed by atoms with Crippen LogP contribution in [0.5, 0.6) is 0 Å². The molecule has 0 spiro atoms. The fraction of sp³-hybridized carbons (Fsp3) is 0.238. The number of fused-ring (bicyclic) bond motifs is 1. The number of hydrogen-bond donors (Lipinski definition) is 1. The van der Waals surface area contributed by atoms with Crippen LogP contribution in [0.4, 0.5) is 5.69 Å². The Labute approximate surface area is 152 Å². The first kappa shape index (κ1) is 17.9. The fourth-order valence-electron chi connectivity index (χ4n) is 3.00. The minimum atomic E-state index is -0.386. The molecule has 0 aliphatic rings. The van der Waals surface area contributed by atoms with Gasteiger partial charge in [-0.2, -0.15) is 0 Å². The predicted molar refractivity (Wildman–Crippen MR) is 103 cm³/mol. The summed E-state index contributed by atoms with van der Waals surface area (Å²) in [6.07, 6.45) is 0. The van der Waals surface area contributed by atoms with Crippen molar-refractivity contribution in [3.05, 3.63) is 76.1 Å². The van der Waals surface area contributed by atoms with Gasteiger partial charge in [0.25, 0.3) is 0 Å². The number of amides is 1. The molecule has 5 heteroatoms. The van der Waals surface area contributed by atoms with Gasteiger partial charge in [-0.15, -0.1) is 0 Å². The van der Waals surface area contributed by atoms with Crippen LogP contribution < -0.4 is 10.9 Å². The highest BCUT2D eigenvalue weighted by Crippen LogP contribution is 2.23. The van der Waals surface area contributed by atoms with Gasteiger partial charge in [0.15, 0.2) is 0 Å². The van der Waals surface area contributed by atoms with Crippen molar-refractivity contribution in [1.29, 1.82) is 0 Å². The normalized spacial score (nSPS) is 11.0. The van der Waals surface area contributed by atoms with Crippen LogP contribution in [0.15, 0.2) is 63.8 Å². The van der Waals surface area contributed by atoms with Gasteiger partial charge in [0, 0.05) is 43.2 Å². The summed E-state index contributed by atoms with van der Waals surface area (Å²) in [6, 6.07) is 17.2. The van der Waals surface area contributed by atoms with Crippen LogP contribution in [0.1, 0.15) is 25.0 Å². The molecule has 0 bridgehead atoms. The lowest BCUT2D eigenvalue weighted by atomic mass is 10.1. The van der Waals surface area contributed by atoms with E-state index in [1.165, 1.54) is 12.5 Å². The fourth-order valence-corrected chi connectivity index (χ4v) is 3.00. The Morgan fingerprint density at radius 1 is 1.08 bits per heavy atom. The molecular weight excluding hydrogens is 328 g/mol. The van der Waals surface area contributed by atoms with E-state index in [4.69, 9.17) is 4.42 Å². The first-order chi connectivity index (χ1) is 12.5. The Kier molecular flexibility index (Phi) is 5.49. The van der Waals surface area contributed by atoms with E-state index in [0.29, 0.717) is 17.8 Å². The van der Waals surface area contributed by atoms with Gasteiger partial charge in [-0.3, -0.25) is 9.69 Å². The minimum absolute atomic E-state index is 0.164. The molecule has 1 heterocycles. The zero-order chi connectivity index (χ0) is 18.5. The maximum absolute atomic E-state index is 12.0. The number of rotatable bonds is 6. The Bertz CT molecular complexity index is 964. The maximum atomic E-state index is 12.0. The van der Waals surface area contributed by atoms with Crippen LogP contribution in [-0.4, -0.2) is 17.4 Å². The lowest BCUT2D eigenvalue weighted by molar-refractivity contribution is -0.114. The first-order valence-electron chi connectivity index (χ1n) is 8.66. The van der Waals surface area contributed by atoms with Gasteiger partial charge < -0.3 is 9.73 Å². The molecule has 0 aliphatic carbocycles. The van der Waals surface area contributed by atoms with Gasteiger partial charge in [-0.05, 0) is 29.8 Å². The van der Waals surface area contributed by atoms with Gasteiger partial charge in [-0.1, -0.05) is 37.3 Å². The number of carbonyl (C=O) groups is 1. The molecule has 5 nitrogen and oxygen atoms in total. The monoisotopic (exact) mass is 350 g/mol. The van der Waals surface area contributed by atoms with Gasteiger partial charge in [0.05, 0.1) is 0 Å². The lowest BCUT2D eigenvalue weighted by Crippen LogP contribution is -2.23. The molecule has 0 saturated carbocycles. The second-order valence-corrected chi connectivity index (χ2v) is 6.27.